The SMILES string of the molecule is CCN(CC)c1ccc(C(=O)c2ccc(C(C)(C)C)cc2C(=O)O)c(O)c1. The van der Waals surface area contributed by atoms with E-state index in [0.717, 1.165) is 24.3 Å². The fraction of sp³-hybridized carbons (Fsp3) is 0.364. The third kappa shape index (κ3) is 4.30. The van der Waals surface area contributed by atoms with Gasteiger partial charge in [-0.3, -0.25) is 4.79 Å². The number of carboxylic acids is 1. The van der Waals surface area contributed by atoms with Gasteiger partial charge in [0.2, 0.25) is 0 Å². The molecular weight excluding hydrogens is 342 g/mol. The molecule has 0 heterocycles. The van der Waals surface area contributed by atoms with Crippen molar-refractivity contribution in [3.05, 3.63) is 58.7 Å². The summed E-state index contributed by atoms with van der Waals surface area (Å²) in [5, 5.41) is 20.0. The molecule has 0 unspecified atom stereocenters. The zero-order valence-electron chi connectivity index (χ0n) is 16.5. The second kappa shape index (κ2) is 7.82. The molecule has 2 rings (SSSR count). The Labute approximate surface area is 160 Å². The quantitative estimate of drug-likeness (QED) is 0.735. The van der Waals surface area contributed by atoms with Gasteiger partial charge in [-0.1, -0.05) is 26.8 Å². The van der Waals surface area contributed by atoms with Gasteiger partial charge in [-0.15, -0.1) is 0 Å². The van der Waals surface area contributed by atoms with E-state index in [1.165, 1.54) is 12.1 Å². The number of anilines is 1. The minimum Gasteiger partial charge on any atom is -0.507 e. The van der Waals surface area contributed by atoms with E-state index >= 15 is 0 Å². The van der Waals surface area contributed by atoms with Crippen molar-refractivity contribution in [2.24, 2.45) is 0 Å². The molecule has 0 saturated heterocycles. The highest BCUT2D eigenvalue weighted by molar-refractivity contribution is 6.15. The number of hydrogen-bond donors (Lipinski definition) is 2. The molecule has 0 radical (unpaired) electrons. The molecule has 0 spiro atoms. The van der Waals surface area contributed by atoms with Crippen LogP contribution in [0.15, 0.2) is 36.4 Å². The van der Waals surface area contributed by atoms with Crippen LogP contribution in [0.4, 0.5) is 5.69 Å². The summed E-state index contributed by atoms with van der Waals surface area (Å²) in [6.45, 7) is 11.5. The molecule has 0 fully saturated rings. The second-order valence-corrected chi connectivity index (χ2v) is 7.52. The van der Waals surface area contributed by atoms with Crippen molar-refractivity contribution in [1.29, 1.82) is 0 Å². The van der Waals surface area contributed by atoms with Crippen LogP contribution in [0.5, 0.6) is 5.75 Å². The number of carboxylic acid groups (broad SMARTS) is 1. The Morgan fingerprint density at radius 1 is 0.926 bits per heavy atom. The predicted octanol–water partition coefficient (Wildman–Crippen LogP) is 4.47. The number of carbonyl (C=O) groups excluding carboxylic acids is 1. The molecule has 2 aromatic rings. The lowest BCUT2D eigenvalue weighted by Crippen LogP contribution is -2.21. The van der Waals surface area contributed by atoms with E-state index in [1.54, 1.807) is 24.3 Å². The highest BCUT2D eigenvalue weighted by atomic mass is 16.4. The molecule has 144 valence electrons. The van der Waals surface area contributed by atoms with Crippen LogP contribution in [0.1, 0.15) is 66.5 Å². The van der Waals surface area contributed by atoms with Crippen molar-refractivity contribution >= 4 is 17.4 Å². The molecular formula is C22H27NO4. The Bertz CT molecular complexity index is 861. The summed E-state index contributed by atoms with van der Waals surface area (Å²) in [4.78, 5) is 26.7. The average molecular weight is 369 g/mol. The number of rotatable bonds is 6. The lowest BCUT2D eigenvalue weighted by atomic mass is 9.84. The van der Waals surface area contributed by atoms with E-state index in [2.05, 4.69) is 4.90 Å². The maximum Gasteiger partial charge on any atom is 0.336 e. The van der Waals surface area contributed by atoms with Crippen LogP contribution in [-0.2, 0) is 5.41 Å². The predicted molar refractivity (Wildman–Crippen MR) is 107 cm³/mol. The molecule has 5 nitrogen and oxygen atoms in total. The molecule has 0 amide bonds. The van der Waals surface area contributed by atoms with Crippen molar-refractivity contribution < 1.29 is 19.8 Å². The Morgan fingerprint density at radius 2 is 1.52 bits per heavy atom. The molecule has 0 atom stereocenters. The van der Waals surface area contributed by atoms with Crippen LogP contribution in [0.2, 0.25) is 0 Å². The lowest BCUT2D eigenvalue weighted by Gasteiger charge is -2.22. The fourth-order valence-electron chi connectivity index (χ4n) is 3.03. The van der Waals surface area contributed by atoms with E-state index < -0.39 is 11.8 Å². The summed E-state index contributed by atoms with van der Waals surface area (Å²) in [5.41, 5.74) is 1.52. The topological polar surface area (TPSA) is 77.8 Å². The van der Waals surface area contributed by atoms with Gasteiger partial charge in [-0.05, 0) is 49.1 Å². The molecule has 27 heavy (non-hydrogen) atoms. The molecule has 0 aromatic heterocycles. The van der Waals surface area contributed by atoms with Gasteiger partial charge in [0, 0.05) is 30.4 Å². The Morgan fingerprint density at radius 3 is 2.00 bits per heavy atom. The van der Waals surface area contributed by atoms with E-state index in [1.807, 2.05) is 34.6 Å². The maximum absolute atomic E-state index is 12.9. The molecule has 5 heteroatoms. The van der Waals surface area contributed by atoms with Gasteiger partial charge < -0.3 is 15.1 Å². The molecule has 0 aliphatic heterocycles. The van der Waals surface area contributed by atoms with Crippen LogP contribution >= 0.6 is 0 Å². The molecule has 0 bridgehead atoms. The van der Waals surface area contributed by atoms with E-state index in [9.17, 15) is 19.8 Å². The number of aromatic carboxylic acids is 1. The normalized spacial score (nSPS) is 11.3. The molecule has 0 saturated carbocycles. The Hall–Kier alpha value is -2.82. The number of phenolic OH excluding ortho intramolecular Hbond substituents is 1. The maximum atomic E-state index is 12.9. The van der Waals surface area contributed by atoms with Gasteiger partial charge in [0.05, 0.1) is 11.1 Å². The van der Waals surface area contributed by atoms with Crippen molar-refractivity contribution in [3.63, 3.8) is 0 Å². The van der Waals surface area contributed by atoms with Gasteiger partial charge >= 0.3 is 5.97 Å². The third-order valence-electron chi connectivity index (χ3n) is 4.72. The van der Waals surface area contributed by atoms with Crippen molar-refractivity contribution in [2.75, 3.05) is 18.0 Å². The summed E-state index contributed by atoms with van der Waals surface area (Å²) in [6.07, 6.45) is 0. The average Bonchev–Trinajstić information content (AvgIpc) is 2.61. The minimum absolute atomic E-state index is 0.0559. The van der Waals surface area contributed by atoms with Gasteiger partial charge in [0.1, 0.15) is 5.75 Å². The zero-order valence-corrected chi connectivity index (χ0v) is 16.5. The van der Waals surface area contributed by atoms with Crippen molar-refractivity contribution in [1.82, 2.24) is 0 Å². The first-order valence-corrected chi connectivity index (χ1v) is 9.10. The number of phenols is 1. The Kier molecular flexibility index (Phi) is 5.94. The monoisotopic (exact) mass is 369 g/mol. The van der Waals surface area contributed by atoms with Crippen molar-refractivity contribution in [2.45, 2.75) is 40.0 Å². The number of ketones is 1. The molecule has 2 N–H and O–H groups in total. The first kappa shape index (κ1) is 20.5. The van der Waals surface area contributed by atoms with Crippen LogP contribution in [0.3, 0.4) is 0 Å². The number of hydrogen-bond acceptors (Lipinski definition) is 4. The van der Waals surface area contributed by atoms with E-state index in [4.69, 9.17) is 0 Å². The highest BCUT2D eigenvalue weighted by Gasteiger charge is 2.24. The summed E-state index contributed by atoms with van der Waals surface area (Å²) >= 11 is 0. The van der Waals surface area contributed by atoms with Crippen LogP contribution in [0, 0.1) is 0 Å². The Balaban J connectivity index is 2.50. The van der Waals surface area contributed by atoms with Crippen LogP contribution < -0.4 is 4.90 Å². The lowest BCUT2D eigenvalue weighted by molar-refractivity contribution is 0.0692. The molecule has 0 aliphatic carbocycles. The number of aromatic hydroxyl groups is 1. The van der Waals surface area contributed by atoms with E-state index in [-0.39, 0.29) is 27.9 Å². The summed E-state index contributed by atoms with van der Waals surface area (Å²) < 4.78 is 0. The first-order chi connectivity index (χ1) is 12.6. The summed E-state index contributed by atoms with van der Waals surface area (Å²) in [5.74, 6) is -1.82. The summed E-state index contributed by atoms with van der Waals surface area (Å²) in [7, 11) is 0. The van der Waals surface area contributed by atoms with Crippen molar-refractivity contribution in [3.8, 4) is 5.75 Å². The van der Waals surface area contributed by atoms with Gasteiger partial charge in [0.25, 0.3) is 0 Å². The van der Waals surface area contributed by atoms with Gasteiger partial charge in [0.15, 0.2) is 5.78 Å². The minimum atomic E-state index is -1.16. The number of carbonyl (C=O) groups is 2. The first-order valence-electron chi connectivity index (χ1n) is 9.10. The third-order valence-corrected chi connectivity index (χ3v) is 4.72. The van der Waals surface area contributed by atoms with Gasteiger partial charge in [-0.25, -0.2) is 4.79 Å². The summed E-state index contributed by atoms with van der Waals surface area (Å²) in [6, 6.07) is 9.70. The van der Waals surface area contributed by atoms with E-state index in [0.29, 0.717) is 0 Å². The van der Waals surface area contributed by atoms with Crippen LogP contribution in [-0.4, -0.2) is 35.1 Å². The van der Waals surface area contributed by atoms with Crippen LogP contribution in [0.25, 0.3) is 0 Å². The molecule has 0 aliphatic rings. The van der Waals surface area contributed by atoms with Gasteiger partial charge in [-0.2, -0.15) is 0 Å². The number of nitrogens with zero attached hydrogens (tertiary/aromatic N) is 1. The molecule has 2 aromatic carbocycles. The largest absolute Gasteiger partial charge is 0.507 e. The fourth-order valence-corrected chi connectivity index (χ4v) is 3.03. The highest BCUT2D eigenvalue weighted by Crippen LogP contribution is 2.30. The smallest absolute Gasteiger partial charge is 0.336 e. The second-order valence-electron chi connectivity index (χ2n) is 7.52. The number of benzene rings is 2. The standard InChI is InChI=1S/C22H27NO4/c1-6-23(7-2)15-9-11-17(19(24)13-15)20(25)16-10-8-14(22(3,4)5)12-18(16)21(26)27/h8-13,24H,6-7H2,1-5H3,(H,26,27). The zero-order chi connectivity index (χ0) is 20.4.